The molecule has 0 bridgehead atoms. The van der Waals surface area contributed by atoms with E-state index in [1.807, 2.05) is 12.1 Å². The van der Waals surface area contributed by atoms with Crippen molar-refractivity contribution in [1.29, 1.82) is 0 Å². The van der Waals surface area contributed by atoms with Gasteiger partial charge < -0.3 is 20.5 Å². The van der Waals surface area contributed by atoms with E-state index in [4.69, 9.17) is 4.74 Å². The van der Waals surface area contributed by atoms with Crippen molar-refractivity contribution in [2.75, 3.05) is 25.0 Å². The topological polar surface area (TPSA) is 70.6 Å². The van der Waals surface area contributed by atoms with Gasteiger partial charge in [-0.25, -0.2) is 0 Å². The van der Waals surface area contributed by atoms with Crippen molar-refractivity contribution in [1.82, 2.24) is 5.32 Å². The molecule has 0 saturated carbocycles. The van der Waals surface area contributed by atoms with Crippen molar-refractivity contribution in [3.05, 3.63) is 29.8 Å². The molecule has 1 saturated heterocycles. The first-order valence-electron chi connectivity index (χ1n) is 7.06. The van der Waals surface area contributed by atoms with Crippen molar-refractivity contribution >= 4 is 11.6 Å². The van der Waals surface area contributed by atoms with Crippen LogP contribution in [0.4, 0.5) is 5.69 Å². The monoisotopic (exact) mass is 278 g/mol. The lowest BCUT2D eigenvalue weighted by Gasteiger charge is -2.22. The lowest BCUT2D eigenvalue weighted by atomic mass is 10.1. The fourth-order valence-corrected chi connectivity index (χ4v) is 2.32. The molecule has 1 aromatic rings. The molecule has 1 unspecified atom stereocenters. The number of hydrogen-bond donors (Lipinski definition) is 3. The number of aliphatic hydroxyl groups is 1. The molecule has 1 amide bonds. The summed E-state index contributed by atoms with van der Waals surface area (Å²) < 4.78 is 5.60. The Morgan fingerprint density at radius 3 is 2.85 bits per heavy atom. The van der Waals surface area contributed by atoms with Crippen LogP contribution in [-0.4, -0.2) is 36.8 Å². The largest absolute Gasteiger partial charge is 0.389 e. The molecule has 3 N–H and O–H groups in total. The average molecular weight is 278 g/mol. The zero-order valence-corrected chi connectivity index (χ0v) is 11.8. The minimum Gasteiger partial charge on any atom is -0.389 e. The predicted molar refractivity (Wildman–Crippen MR) is 77.5 cm³/mol. The molecule has 2 rings (SSSR count). The third-order valence-electron chi connectivity index (χ3n) is 3.42. The van der Waals surface area contributed by atoms with Crippen molar-refractivity contribution in [3.8, 4) is 0 Å². The van der Waals surface area contributed by atoms with Crippen molar-refractivity contribution in [2.24, 2.45) is 0 Å². The molecule has 1 heterocycles. The highest BCUT2D eigenvalue weighted by Gasteiger charge is 2.15. The van der Waals surface area contributed by atoms with Gasteiger partial charge in [0, 0.05) is 11.3 Å². The number of piperidine rings is 1. The Morgan fingerprint density at radius 1 is 1.45 bits per heavy atom. The molecule has 110 valence electrons. The van der Waals surface area contributed by atoms with Crippen LogP contribution in [0.3, 0.4) is 0 Å². The number of amides is 1. The van der Waals surface area contributed by atoms with Gasteiger partial charge in [-0.1, -0.05) is 18.2 Å². The molecule has 1 aromatic carbocycles. The van der Waals surface area contributed by atoms with Crippen LogP contribution in [0.2, 0.25) is 0 Å². The SMILES string of the molecule is CC(O)c1ccccc1NC(=O)COC1CCNCC1. The van der Waals surface area contributed by atoms with Gasteiger partial charge in [0.2, 0.25) is 5.91 Å². The van der Waals surface area contributed by atoms with Gasteiger partial charge in [0.25, 0.3) is 0 Å². The molecule has 20 heavy (non-hydrogen) atoms. The molecule has 1 aliphatic rings. The van der Waals surface area contributed by atoms with Crippen molar-refractivity contribution in [3.63, 3.8) is 0 Å². The van der Waals surface area contributed by atoms with Crippen LogP contribution >= 0.6 is 0 Å². The van der Waals surface area contributed by atoms with E-state index in [2.05, 4.69) is 10.6 Å². The highest BCUT2D eigenvalue weighted by Crippen LogP contribution is 2.22. The fraction of sp³-hybridized carbons (Fsp3) is 0.533. The summed E-state index contributed by atoms with van der Waals surface area (Å²) in [4.78, 5) is 11.9. The van der Waals surface area contributed by atoms with Crippen LogP contribution in [0, 0.1) is 0 Å². The van der Waals surface area contributed by atoms with Gasteiger partial charge in [0.05, 0.1) is 12.2 Å². The first-order valence-corrected chi connectivity index (χ1v) is 7.06. The van der Waals surface area contributed by atoms with Gasteiger partial charge in [-0.05, 0) is 38.9 Å². The molecular formula is C15H22N2O3. The van der Waals surface area contributed by atoms with Crippen LogP contribution in [0.25, 0.3) is 0 Å². The Morgan fingerprint density at radius 2 is 2.15 bits per heavy atom. The number of carbonyl (C=O) groups is 1. The second kappa shape index (κ2) is 7.38. The molecule has 5 heteroatoms. The third-order valence-corrected chi connectivity index (χ3v) is 3.42. The predicted octanol–water partition coefficient (Wildman–Crippen LogP) is 1.45. The molecule has 1 fully saturated rings. The number of hydrogen-bond acceptors (Lipinski definition) is 4. The van der Waals surface area contributed by atoms with E-state index in [9.17, 15) is 9.90 Å². The van der Waals surface area contributed by atoms with Gasteiger partial charge in [-0.15, -0.1) is 0 Å². The van der Waals surface area contributed by atoms with Crippen LogP contribution in [0.1, 0.15) is 31.4 Å². The summed E-state index contributed by atoms with van der Waals surface area (Å²) in [6, 6.07) is 7.25. The first kappa shape index (κ1) is 15.0. The minimum atomic E-state index is -0.614. The van der Waals surface area contributed by atoms with Gasteiger partial charge in [0.15, 0.2) is 0 Å². The van der Waals surface area contributed by atoms with E-state index < -0.39 is 6.10 Å². The van der Waals surface area contributed by atoms with Crippen molar-refractivity contribution in [2.45, 2.75) is 32.0 Å². The van der Waals surface area contributed by atoms with E-state index in [-0.39, 0.29) is 18.6 Å². The normalized spacial score (nSPS) is 17.7. The maximum atomic E-state index is 11.9. The summed E-state index contributed by atoms with van der Waals surface area (Å²) >= 11 is 0. The minimum absolute atomic E-state index is 0.0544. The Balaban J connectivity index is 1.85. The van der Waals surface area contributed by atoms with E-state index in [0.29, 0.717) is 11.3 Å². The Kier molecular flexibility index (Phi) is 5.52. The standard InChI is InChI=1S/C15H22N2O3/c1-11(18)13-4-2-3-5-14(13)17-15(19)10-20-12-6-8-16-9-7-12/h2-5,11-12,16,18H,6-10H2,1H3,(H,17,19). The molecule has 0 aliphatic carbocycles. The number of aliphatic hydroxyl groups excluding tert-OH is 1. The highest BCUT2D eigenvalue weighted by atomic mass is 16.5. The number of carbonyl (C=O) groups excluding carboxylic acids is 1. The summed E-state index contributed by atoms with van der Waals surface area (Å²) in [6.07, 6.45) is 1.43. The number of ether oxygens (including phenoxy) is 1. The lowest BCUT2D eigenvalue weighted by Crippen LogP contribution is -2.34. The summed E-state index contributed by atoms with van der Waals surface area (Å²) in [7, 11) is 0. The quantitative estimate of drug-likeness (QED) is 0.762. The van der Waals surface area contributed by atoms with Crippen LogP contribution < -0.4 is 10.6 Å². The van der Waals surface area contributed by atoms with Crippen molar-refractivity contribution < 1.29 is 14.6 Å². The number of rotatable bonds is 5. The number of nitrogens with one attached hydrogen (secondary N) is 2. The fourth-order valence-electron chi connectivity index (χ4n) is 2.32. The molecule has 1 atom stereocenters. The summed E-state index contributed by atoms with van der Waals surface area (Å²) in [5.74, 6) is -0.184. The second-order valence-corrected chi connectivity index (χ2v) is 5.07. The van der Waals surface area contributed by atoms with E-state index in [1.165, 1.54) is 0 Å². The molecule has 1 aliphatic heterocycles. The summed E-state index contributed by atoms with van der Waals surface area (Å²) in [6.45, 7) is 3.61. The van der Waals surface area contributed by atoms with Gasteiger partial charge in [-0.2, -0.15) is 0 Å². The lowest BCUT2D eigenvalue weighted by molar-refractivity contribution is -0.123. The molecular weight excluding hydrogens is 256 g/mol. The Hall–Kier alpha value is -1.43. The number of para-hydroxylation sites is 1. The van der Waals surface area contributed by atoms with Crippen LogP contribution in [0.5, 0.6) is 0 Å². The number of anilines is 1. The van der Waals surface area contributed by atoms with E-state index >= 15 is 0 Å². The van der Waals surface area contributed by atoms with E-state index in [0.717, 1.165) is 25.9 Å². The molecule has 5 nitrogen and oxygen atoms in total. The smallest absolute Gasteiger partial charge is 0.250 e. The highest BCUT2D eigenvalue weighted by molar-refractivity contribution is 5.92. The van der Waals surface area contributed by atoms with Crippen LogP contribution in [-0.2, 0) is 9.53 Å². The van der Waals surface area contributed by atoms with Gasteiger partial charge >= 0.3 is 0 Å². The summed E-state index contributed by atoms with van der Waals surface area (Å²) in [5, 5.41) is 15.7. The van der Waals surface area contributed by atoms with Crippen LogP contribution in [0.15, 0.2) is 24.3 Å². The van der Waals surface area contributed by atoms with E-state index in [1.54, 1.807) is 19.1 Å². The Bertz CT molecular complexity index is 442. The maximum absolute atomic E-state index is 11.9. The average Bonchev–Trinajstić information content (AvgIpc) is 2.46. The molecule has 0 spiro atoms. The zero-order valence-electron chi connectivity index (χ0n) is 11.8. The first-order chi connectivity index (χ1) is 9.66. The Labute approximate surface area is 119 Å². The maximum Gasteiger partial charge on any atom is 0.250 e. The van der Waals surface area contributed by atoms with Gasteiger partial charge in [-0.3, -0.25) is 4.79 Å². The summed E-state index contributed by atoms with van der Waals surface area (Å²) in [5.41, 5.74) is 1.35. The van der Waals surface area contributed by atoms with Gasteiger partial charge in [0.1, 0.15) is 6.61 Å². The molecule has 0 radical (unpaired) electrons. The molecule has 0 aromatic heterocycles. The second-order valence-electron chi connectivity index (χ2n) is 5.07. The third kappa shape index (κ3) is 4.30. The number of benzene rings is 1. The zero-order chi connectivity index (χ0) is 14.4.